The van der Waals surface area contributed by atoms with Crippen LogP contribution in [0.15, 0.2) is 35.2 Å². The number of primary amides is 1. The Balaban J connectivity index is 2.54. The van der Waals surface area contributed by atoms with E-state index in [4.69, 9.17) is 15.2 Å². The van der Waals surface area contributed by atoms with Crippen molar-refractivity contribution >= 4 is 21.7 Å². The first kappa shape index (κ1) is 20.1. The summed E-state index contributed by atoms with van der Waals surface area (Å²) in [5.41, 5.74) is 5.22. The van der Waals surface area contributed by atoms with E-state index < -0.39 is 27.7 Å². The van der Waals surface area contributed by atoms with Gasteiger partial charge in [0.2, 0.25) is 11.8 Å². The first-order valence-electron chi connectivity index (χ1n) is 7.30. The molecule has 134 valence electrons. The van der Waals surface area contributed by atoms with Gasteiger partial charge in [-0.05, 0) is 18.6 Å². The molecular weight excluding hydrogens is 336 g/mol. The van der Waals surface area contributed by atoms with Gasteiger partial charge < -0.3 is 20.5 Å². The predicted octanol–water partition coefficient (Wildman–Crippen LogP) is -0.516. The van der Waals surface area contributed by atoms with E-state index in [-0.39, 0.29) is 30.3 Å². The van der Waals surface area contributed by atoms with E-state index in [0.29, 0.717) is 6.61 Å². The van der Waals surface area contributed by atoms with Crippen LogP contribution in [-0.2, 0) is 28.9 Å². The molecule has 0 spiro atoms. The first-order valence-corrected chi connectivity index (χ1v) is 8.95. The molecule has 0 saturated carbocycles. The normalized spacial score (nSPS) is 12.5. The quantitative estimate of drug-likeness (QED) is 0.513. The number of carbonyl (C=O) groups excluding carboxylic acids is 2. The van der Waals surface area contributed by atoms with Crippen molar-refractivity contribution in [2.45, 2.75) is 17.4 Å². The number of rotatable bonds is 11. The number of nitrogens with two attached hydrogens (primary N) is 1. The lowest BCUT2D eigenvalue weighted by atomic mass is 10.2. The summed E-state index contributed by atoms with van der Waals surface area (Å²) in [6.07, 6.45) is -0.115. The van der Waals surface area contributed by atoms with Gasteiger partial charge in [-0.2, -0.15) is 0 Å². The molecule has 8 nitrogen and oxygen atoms in total. The molecule has 0 aromatic heterocycles. The van der Waals surface area contributed by atoms with Crippen molar-refractivity contribution in [2.24, 2.45) is 5.73 Å². The summed E-state index contributed by atoms with van der Waals surface area (Å²) in [5.74, 6) is -1.66. The zero-order chi connectivity index (χ0) is 18.0. The average Bonchev–Trinajstić information content (AvgIpc) is 2.56. The highest BCUT2D eigenvalue weighted by Gasteiger charge is 2.22. The fourth-order valence-corrected chi connectivity index (χ4v) is 3.20. The Kier molecular flexibility index (Phi) is 8.37. The van der Waals surface area contributed by atoms with Gasteiger partial charge in [0.15, 0.2) is 9.84 Å². The third-order valence-electron chi connectivity index (χ3n) is 3.12. The topological polar surface area (TPSA) is 125 Å². The fourth-order valence-electron chi connectivity index (χ4n) is 1.85. The number of nitrogens with one attached hydrogen (secondary N) is 1. The van der Waals surface area contributed by atoms with Crippen molar-refractivity contribution in [3.63, 3.8) is 0 Å². The summed E-state index contributed by atoms with van der Waals surface area (Å²) in [7, 11) is -2.06. The molecule has 0 aliphatic carbocycles. The highest BCUT2D eigenvalue weighted by Crippen LogP contribution is 2.12. The molecule has 0 unspecified atom stereocenters. The van der Waals surface area contributed by atoms with Crippen molar-refractivity contribution in [2.75, 3.05) is 32.7 Å². The Labute approximate surface area is 141 Å². The minimum Gasteiger partial charge on any atom is -0.382 e. The minimum absolute atomic E-state index is 0.115. The van der Waals surface area contributed by atoms with E-state index in [9.17, 15) is 18.0 Å². The van der Waals surface area contributed by atoms with Crippen LogP contribution in [0.2, 0.25) is 0 Å². The summed E-state index contributed by atoms with van der Waals surface area (Å²) >= 11 is 0. The SMILES string of the molecule is COCCOCC(=O)N[C@@H](CCS(=O)(=O)c1ccccc1)C(N)=O. The molecule has 0 fully saturated rings. The first-order chi connectivity index (χ1) is 11.4. The maximum atomic E-state index is 12.2. The second-order valence-corrected chi connectivity index (χ2v) is 7.10. The van der Waals surface area contributed by atoms with E-state index in [1.54, 1.807) is 18.2 Å². The molecular formula is C15H22N2O6S. The lowest BCUT2D eigenvalue weighted by Crippen LogP contribution is -2.46. The lowest BCUT2D eigenvalue weighted by molar-refractivity contribution is -0.130. The van der Waals surface area contributed by atoms with Gasteiger partial charge in [-0.1, -0.05) is 18.2 Å². The van der Waals surface area contributed by atoms with Crippen LogP contribution in [0.1, 0.15) is 6.42 Å². The van der Waals surface area contributed by atoms with Gasteiger partial charge in [-0.3, -0.25) is 9.59 Å². The number of methoxy groups -OCH3 is 1. The van der Waals surface area contributed by atoms with Crippen LogP contribution in [0.3, 0.4) is 0 Å². The largest absolute Gasteiger partial charge is 0.382 e. The van der Waals surface area contributed by atoms with Crippen molar-refractivity contribution in [3.05, 3.63) is 30.3 Å². The molecule has 9 heteroatoms. The maximum Gasteiger partial charge on any atom is 0.246 e. The van der Waals surface area contributed by atoms with Gasteiger partial charge in [0, 0.05) is 7.11 Å². The summed E-state index contributed by atoms with van der Waals surface area (Å²) in [5, 5.41) is 2.37. The third kappa shape index (κ3) is 7.07. The zero-order valence-corrected chi connectivity index (χ0v) is 14.3. The van der Waals surface area contributed by atoms with E-state index >= 15 is 0 Å². The molecule has 1 aromatic rings. The summed E-state index contributed by atoms with van der Waals surface area (Å²) < 4.78 is 34.2. The van der Waals surface area contributed by atoms with Crippen LogP contribution >= 0.6 is 0 Å². The predicted molar refractivity (Wildman–Crippen MR) is 86.9 cm³/mol. The Morgan fingerprint density at radius 2 is 1.88 bits per heavy atom. The molecule has 2 amide bonds. The van der Waals surface area contributed by atoms with Crippen LogP contribution in [-0.4, -0.2) is 59.0 Å². The molecule has 24 heavy (non-hydrogen) atoms. The smallest absolute Gasteiger partial charge is 0.246 e. The molecule has 0 heterocycles. The van der Waals surface area contributed by atoms with E-state index in [1.165, 1.54) is 19.2 Å². The molecule has 3 N–H and O–H groups in total. The van der Waals surface area contributed by atoms with Crippen LogP contribution < -0.4 is 11.1 Å². The van der Waals surface area contributed by atoms with E-state index in [2.05, 4.69) is 5.32 Å². The average molecular weight is 358 g/mol. The summed E-state index contributed by atoms with van der Waals surface area (Å²) in [6, 6.07) is 6.78. The monoisotopic (exact) mass is 358 g/mol. The van der Waals surface area contributed by atoms with Crippen LogP contribution in [0.25, 0.3) is 0 Å². The van der Waals surface area contributed by atoms with Crippen LogP contribution in [0.5, 0.6) is 0 Å². The molecule has 1 aromatic carbocycles. The number of benzene rings is 1. The Bertz CT molecular complexity index is 633. The van der Waals surface area contributed by atoms with Gasteiger partial charge in [0.25, 0.3) is 0 Å². The Hall–Kier alpha value is -1.97. The molecule has 1 rings (SSSR count). The van der Waals surface area contributed by atoms with E-state index in [0.717, 1.165) is 0 Å². The van der Waals surface area contributed by atoms with Crippen molar-refractivity contribution in [1.29, 1.82) is 0 Å². The summed E-state index contributed by atoms with van der Waals surface area (Å²) in [4.78, 5) is 23.3. The highest BCUT2D eigenvalue weighted by atomic mass is 32.2. The van der Waals surface area contributed by atoms with E-state index in [1.807, 2.05) is 0 Å². The zero-order valence-electron chi connectivity index (χ0n) is 13.4. The Morgan fingerprint density at radius 3 is 2.46 bits per heavy atom. The fraction of sp³-hybridized carbons (Fsp3) is 0.467. The maximum absolute atomic E-state index is 12.2. The molecule has 0 bridgehead atoms. The number of hydrogen-bond donors (Lipinski definition) is 2. The van der Waals surface area contributed by atoms with Gasteiger partial charge >= 0.3 is 0 Å². The summed E-state index contributed by atoms with van der Waals surface area (Å²) in [6.45, 7) is 0.300. The molecule has 0 aliphatic rings. The lowest BCUT2D eigenvalue weighted by Gasteiger charge is -2.15. The minimum atomic E-state index is -3.56. The second-order valence-electron chi connectivity index (χ2n) is 4.99. The van der Waals surface area contributed by atoms with Crippen molar-refractivity contribution < 1.29 is 27.5 Å². The van der Waals surface area contributed by atoms with Crippen molar-refractivity contribution in [3.8, 4) is 0 Å². The van der Waals surface area contributed by atoms with Crippen LogP contribution in [0, 0.1) is 0 Å². The third-order valence-corrected chi connectivity index (χ3v) is 4.88. The second kappa shape index (κ2) is 10.0. The van der Waals surface area contributed by atoms with Gasteiger partial charge in [0.05, 0.1) is 23.9 Å². The van der Waals surface area contributed by atoms with Gasteiger partial charge in [-0.25, -0.2) is 8.42 Å². The van der Waals surface area contributed by atoms with Crippen LogP contribution in [0.4, 0.5) is 0 Å². The number of hydrogen-bond acceptors (Lipinski definition) is 6. The van der Waals surface area contributed by atoms with Gasteiger partial charge in [0.1, 0.15) is 12.6 Å². The molecule has 0 saturated heterocycles. The molecule has 1 atom stereocenters. The number of carbonyl (C=O) groups is 2. The van der Waals surface area contributed by atoms with Gasteiger partial charge in [-0.15, -0.1) is 0 Å². The standard InChI is InChI=1S/C15H22N2O6S/c1-22-8-9-23-11-14(18)17-13(15(16)19)7-10-24(20,21)12-5-3-2-4-6-12/h2-6,13H,7-11H2,1H3,(H2,16,19)(H,17,18)/t13-/m0/s1. The number of ether oxygens (including phenoxy) is 2. The Morgan fingerprint density at radius 1 is 1.21 bits per heavy atom. The molecule has 0 aliphatic heterocycles. The number of amides is 2. The number of sulfone groups is 1. The highest BCUT2D eigenvalue weighted by molar-refractivity contribution is 7.91. The van der Waals surface area contributed by atoms with Crippen molar-refractivity contribution in [1.82, 2.24) is 5.32 Å². The molecule has 0 radical (unpaired) electrons.